The number of aliphatic imine (C=N–C) groups is 1. The Morgan fingerprint density at radius 3 is 3.00 bits per heavy atom. The highest BCUT2D eigenvalue weighted by Crippen LogP contribution is 2.25. The van der Waals surface area contributed by atoms with Gasteiger partial charge in [-0.1, -0.05) is 12.1 Å². The van der Waals surface area contributed by atoms with Crippen molar-refractivity contribution in [1.82, 2.24) is 10.2 Å². The summed E-state index contributed by atoms with van der Waals surface area (Å²) >= 11 is 0. The smallest absolute Gasteiger partial charge is 0.193 e. The van der Waals surface area contributed by atoms with Gasteiger partial charge in [-0.3, -0.25) is 4.99 Å². The molecule has 4 nitrogen and oxygen atoms in total. The van der Waals surface area contributed by atoms with Gasteiger partial charge in [-0.25, -0.2) is 0 Å². The molecular weight excluding hydrogens is 238 g/mol. The van der Waals surface area contributed by atoms with E-state index in [4.69, 9.17) is 4.74 Å². The summed E-state index contributed by atoms with van der Waals surface area (Å²) in [6.07, 6.45) is 2.00. The molecule has 2 rings (SSSR count). The number of guanidine groups is 1. The highest BCUT2D eigenvalue weighted by molar-refractivity contribution is 5.79. The van der Waals surface area contributed by atoms with Crippen LogP contribution in [0.15, 0.2) is 23.2 Å². The Bertz CT molecular complexity index is 455. The van der Waals surface area contributed by atoms with E-state index in [1.165, 1.54) is 11.1 Å². The van der Waals surface area contributed by atoms with Gasteiger partial charge in [0.05, 0.1) is 6.61 Å². The number of benzene rings is 1. The van der Waals surface area contributed by atoms with Gasteiger partial charge in [0.2, 0.25) is 0 Å². The molecule has 0 saturated carbocycles. The summed E-state index contributed by atoms with van der Waals surface area (Å²) in [4.78, 5) is 6.62. The number of rotatable bonds is 4. The largest absolute Gasteiger partial charge is 0.493 e. The average molecular weight is 261 g/mol. The zero-order valence-corrected chi connectivity index (χ0v) is 12.1. The standard InChI is InChI=1S/C15H23N3O/c1-4-16-15(18(2)3)17-9-7-12-5-6-14-13(11-12)8-10-19-14/h5-6,11H,4,7-10H2,1-3H3,(H,16,17). The van der Waals surface area contributed by atoms with Crippen molar-refractivity contribution >= 4 is 5.96 Å². The normalized spacial score (nSPS) is 13.9. The van der Waals surface area contributed by atoms with Crippen molar-refractivity contribution in [2.75, 3.05) is 33.8 Å². The summed E-state index contributed by atoms with van der Waals surface area (Å²) in [5.41, 5.74) is 2.67. The van der Waals surface area contributed by atoms with E-state index in [-0.39, 0.29) is 0 Å². The molecule has 1 heterocycles. The number of ether oxygens (including phenoxy) is 1. The van der Waals surface area contributed by atoms with Crippen LogP contribution in [0.25, 0.3) is 0 Å². The summed E-state index contributed by atoms with van der Waals surface area (Å²) < 4.78 is 5.52. The van der Waals surface area contributed by atoms with Gasteiger partial charge in [0.15, 0.2) is 5.96 Å². The molecule has 0 radical (unpaired) electrons. The minimum absolute atomic E-state index is 0.806. The van der Waals surface area contributed by atoms with Crippen LogP contribution in [0, 0.1) is 0 Å². The number of nitrogens with one attached hydrogen (secondary N) is 1. The minimum atomic E-state index is 0.806. The fraction of sp³-hybridized carbons (Fsp3) is 0.533. The third-order valence-corrected chi connectivity index (χ3v) is 3.17. The first-order chi connectivity index (χ1) is 9.20. The van der Waals surface area contributed by atoms with Crippen molar-refractivity contribution < 1.29 is 4.74 Å². The van der Waals surface area contributed by atoms with Gasteiger partial charge >= 0.3 is 0 Å². The lowest BCUT2D eigenvalue weighted by Crippen LogP contribution is -2.36. The lowest BCUT2D eigenvalue weighted by atomic mass is 10.1. The van der Waals surface area contributed by atoms with Crippen LogP contribution >= 0.6 is 0 Å². The third kappa shape index (κ3) is 3.63. The molecule has 0 amide bonds. The van der Waals surface area contributed by atoms with E-state index in [1.54, 1.807) is 0 Å². The molecular formula is C15H23N3O. The van der Waals surface area contributed by atoms with E-state index in [0.717, 1.165) is 44.2 Å². The van der Waals surface area contributed by atoms with Crippen molar-refractivity contribution in [3.63, 3.8) is 0 Å². The van der Waals surface area contributed by atoms with Crippen LogP contribution in [0.4, 0.5) is 0 Å². The highest BCUT2D eigenvalue weighted by atomic mass is 16.5. The lowest BCUT2D eigenvalue weighted by Gasteiger charge is -2.16. The molecule has 1 aliphatic rings. The topological polar surface area (TPSA) is 36.9 Å². The third-order valence-electron chi connectivity index (χ3n) is 3.17. The highest BCUT2D eigenvalue weighted by Gasteiger charge is 2.11. The molecule has 4 heteroatoms. The molecule has 104 valence electrons. The van der Waals surface area contributed by atoms with E-state index >= 15 is 0 Å². The molecule has 0 aromatic heterocycles. The molecule has 0 saturated heterocycles. The second-order valence-electron chi connectivity index (χ2n) is 4.92. The summed E-state index contributed by atoms with van der Waals surface area (Å²) in [5.74, 6) is 2.00. The molecule has 1 N–H and O–H groups in total. The number of hydrogen-bond acceptors (Lipinski definition) is 2. The SMILES string of the molecule is CCNC(=NCCc1ccc2c(c1)CCO2)N(C)C. The molecule has 0 bridgehead atoms. The molecule has 19 heavy (non-hydrogen) atoms. The quantitative estimate of drug-likeness (QED) is 0.662. The Balaban J connectivity index is 1.93. The zero-order valence-electron chi connectivity index (χ0n) is 12.1. The zero-order chi connectivity index (χ0) is 13.7. The Morgan fingerprint density at radius 1 is 1.42 bits per heavy atom. The fourth-order valence-electron chi connectivity index (χ4n) is 2.20. The second-order valence-corrected chi connectivity index (χ2v) is 4.92. The first kappa shape index (κ1) is 13.7. The van der Waals surface area contributed by atoms with Gasteiger partial charge in [0.25, 0.3) is 0 Å². The van der Waals surface area contributed by atoms with Gasteiger partial charge in [-0.15, -0.1) is 0 Å². The van der Waals surface area contributed by atoms with Crippen LogP contribution in [0.2, 0.25) is 0 Å². The van der Waals surface area contributed by atoms with Crippen molar-refractivity contribution in [1.29, 1.82) is 0 Å². The first-order valence-electron chi connectivity index (χ1n) is 6.91. The van der Waals surface area contributed by atoms with Crippen LogP contribution in [0.3, 0.4) is 0 Å². The van der Waals surface area contributed by atoms with Gasteiger partial charge in [-0.2, -0.15) is 0 Å². The summed E-state index contributed by atoms with van der Waals surface area (Å²) in [5, 5.41) is 3.27. The fourth-order valence-corrected chi connectivity index (χ4v) is 2.20. The molecule has 0 unspecified atom stereocenters. The van der Waals surface area contributed by atoms with Crippen molar-refractivity contribution in [3.8, 4) is 5.75 Å². The molecule has 1 aliphatic heterocycles. The Kier molecular flexibility index (Phi) is 4.66. The molecule has 0 atom stereocenters. The summed E-state index contributed by atoms with van der Waals surface area (Å²) in [7, 11) is 4.02. The summed E-state index contributed by atoms with van der Waals surface area (Å²) in [6.45, 7) is 4.61. The maximum absolute atomic E-state index is 5.52. The summed E-state index contributed by atoms with van der Waals surface area (Å²) in [6, 6.07) is 6.47. The lowest BCUT2D eigenvalue weighted by molar-refractivity contribution is 0.357. The molecule has 0 spiro atoms. The van der Waals surface area contributed by atoms with Crippen LogP contribution in [0.5, 0.6) is 5.75 Å². The van der Waals surface area contributed by atoms with E-state index in [1.807, 2.05) is 19.0 Å². The molecule has 1 aromatic carbocycles. The van der Waals surface area contributed by atoms with E-state index in [9.17, 15) is 0 Å². The van der Waals surface area contributed by atoms with Crippen molar-refractivity contribution in [2.24, 2.45) is 4.99 Å². The average Bonchev–Trinajstić information content (AvgIpc) is 2.85. The van der Waals surface area contributed by atoms with Crippen molar-refractivity contribution in [2.45, 2.75) is 19.8 Å². The van der Waals surface area contributed by atoms with E-state index in [0.29, 0.717) is 0 Å². The maximum Gasteiger partial charge on any atom is 0.193 e. The molecule has 0 fully saturated rings. The Labute approximate surface area is 115 Å². The number of hydrogen-bond donors (Lipinski definition) is 1. The second kappa shape index (κ2) is 6.45. The van der Waals surface area contributed by atoms with Crippen LogP contribution in [0.1, 0.15) is 18.1 Å². The van der Waals surface area contributed by atoms with Gasteiger partial charge in [0.1, 0.15) is 5.75 Å². The number of nitrogens with zero attached hydrogens (tertiary/aromatic N) is 2. The molecule has 1 aromatic rings. The Morgan fingerprint density at radius 2 is 2.26 bits per heavy atom. The van der Waals surface area contributed by atoms with Gasteiger partial charge in [-0.05, 0) is 30.5 Å². The van der Waals surface area contributed by atoms with E-state index < -0.39 is 0 Å². The van der Waals surface area contributed by atoms with Crippen LogP contribution in [-0.2, 0) is 12.8 Å². The Hall–Kier alpha value is -1.71. The van der Waals surface area contributed by atoms with Crippen LogP contribution in [-0.4, -0.2) is 44.7 Å². The molecule has 0 aliphatic carbocycles. The predicted octanol–water partition coefficient (Wildman–Crippen LogP) is 1.69. The van der Waals surface area contributed by atoms with Crippen molar-refractivity contribution in [3.05, 3.63) is 29.3 Å². The number of fused-ring (bicyclic) bond motifs is 1. The van der Waals surface area contributed by atoms with Crippen LogP contribution < -0.4 is 10.1 Å². The minimum Gasteiger partial charge on any atom is -0.493 e. The van der Waals surface area contributed by atoms with Gasteiger partial charge < -0.3 is 15.0 Å². The van der Waals surface area contributed by atoms with Gasteiger partial charge in [0, 0.05) is 33.6 Å². The maximum atomic E-state index is 5.52. The van der Waals surface area contributed by atoms with E-state index in [2.05, 4.69) is 35.4 Å². The predicted molar refractivity (Wildman–Crippen MR) is 79.0 cm³/mol. The first-order valence-corrected chi connectivity index (χ1v) is 6.91. The monoisotopic (exact) mass is 261 g/mol.